The Hall–Kier alpha value is -2.94. The molecule has 0 spiro atoms. The molecule has 1 fully saturated rings. The lowest BCUT2D eigenvalue weighted by Crippen LogP contribution is -2.49. The number of pyridine rings is 1. The molecular formula is C22H26N6O2S. The fourth-order valence-corrected chi connectivity index (χ4v) is 4.82. The van der Waals surface area contributed by atoms with Gasteiger partial charge < -0.3 is 14.3 Å². The molecule has 1 saturated heterocycles. The number of piperazine rings is 1. The fourth-order valence-electron chi connectivity index (χ4n) is 3.69. The maximum atomic E-state index is 13.3. The quantitative estimate of drug-likeness (QED) is 0.561. The number of thioether (sulfide) groups is 1. The van der Waals surface area contributed by atoms with E-state index in [1.54, 1.807) is 18.0 Å². The van der Waals surface area contributed by atoms with Crippen molar-refractivity contribution in [2.24, 2.45) is 0 Å². The number of carbonyl (C=O) groups excluding carboxylic acids is 1. The van der Waals surface area contributed by atoms with Gasteiger partial charge in [-0.2, -0.15) is 0 Å². The normalized spacial score (nSPS) is 14.2. The van der Waals surface area contributed by atoms with Crippen molar-refractivity contribution in [2.75, 3.05) is 31.1 Å². The van der Waals surface area contributed by atoms with Gasteiger partial charge in [-0.05, 0) is 39.8 Å². The number of aryl methyl sites for hydroxylation is 4. The summed E-state index contributed by atoms with van der Waals surface area (Å²) in [5.74, 6) is 3.18. The average molecular weight is 439 g/mol. The SMILES string of the molecule is Cc1cc(N2CCN(C(=O)c3cccnc3SCc3c(C)noc3C)CC2)nc(C)n1. The van der Waals surface area contributed by atoms with Crippen LogP contribution in [-0.4, -0.2) is 57.1 Å². The van der Waals surface area contributed by atoms with E-state index in [0.717, 1.165) is 52.5 Å². The zero-order valence-electron chi connectivity index (χ0n) is 18.3. The highest BCUT2D eigenvalue weighted by atomic mass is 32.2. The topological polar surface area (TPSA) is 88.2 Å². The molecule has 0 unspecified atom stereocenters. The second kappa shape index (κ2) is 9.05. The van der Waals surface area contributed by atoms with E-state index in [-0.39, 0.29) is 5.91 Å². The third kappa shape index (κ3) is 4.71. The maximum absolute atomic E-state index is 13.3. The van der Waals surface area contributed by atoms with Gasteiger partial charge in [0.25, 0.3) is 5.91 Å². The minimum absolute atomic E-state index is 0.0176. The number of amides is 1. The molecule has 162 valence electrons. The molecule has 0 bridgehead atoms. The first-order chi connectivity index (χ1) is 14.9. The fraction of sp³-hybridized carbons (Fsp3) is 0.409. The van der Waals surface area contributed by atoms with E-state index in [0.29, 0.717) is 24.4 Å². The molecule has 4 rings (SSSR count). The van der Waals surface area contributed by atoms with E-state index in [4.69, 9.17) is 4.52 Å². The first-order valence-corrected chi connectivity index (χ1v) is 11.3. The van der Waals surface area contributed by atoms with Crippen LogP contribution < -0.4 is 4.90 Å². The highest BCUT2D eigenvalue weighted by molar-refractivity contribution is 7.98. The molecule has 0 aromatic carbocycles. The maximum Gasteiger partial charge on any atom is 0.256 e. The molecule has 1 amide bonds. The van der Waals surface area contributed by atoms with Crippen LogP contribution in [-0.2, 0) is 5.75 Å². The van der Waals surface area contributed by atoms with Gasteiger partial charge in [0.05, 0.1) is 11.3 Å². The van der Waals surface area contributed by atoms with Crippen LogP contribution in [0.1, 0.15) is 38.9 Å². The summed E-state index contributed by atoms with van der Waals surface area (Å²) in [6, 6.07) is 5.67. The number of nitrogens with zero attached hydrogens (tertiary/aromatic N) is 6. The van der Waals surface area contributed by atoms with Crippen molar-refractivity contribution in [1.29, 1.82) is 0 Å². The van der Waals surface area contributed by atoms with Crippen LogP contribution in [0.2, 0.25) is 0 Å². The van der Waals surface area contributed by atoms with Crippen LogP contribution in [0, 0.1) is 27.7 Å². The molecule has 0 atom stereocenters. The molecule has 0 aliphatic carbocycles. The van der Waals surface area contributed by atoms with Gasteiger partial charge in [0.2, 0.25) is 0 Å². The number of aromatic nitrogens is 4. The summed E-state index contributed by atoms with van der Waals surface area (Å²) < 4.78 is 5.25. The van der Waals surface area contributed by atoms with Gasteiger partial charge in [-0.1, -0.05) is 5.16 Å². The predicted molar refractivity (Wildman–Crippen MR) is 119 cm³/mol. The number of carbonyl (C=O) groups is 1. The summed E-state index contributed by atoms with van der Waals surface area (Å²) in [6.07, 6.45) is 1.73. The zero-order valence-corrected chi connectivity index (χ0v) is 19.1. The van der Waals surface area contributed by atoms with Gasteiger partial charge >= 0.3 is 0 Å². The van der Waals surface area contributed by atoms with E-state index in [1.165, 1.54) is 0 Å². The first kappa shape index (κ1) is 21.3. The second-order valence-electron chi connectivity index (χ2n) is 7.64. The van der Waals surface area contributed by atoms with Gasteiger partial charge in [0.15, 0.2) is 0 Å². The Kier molecular flexibility index (Phi) is 6.22. The lowest BCUT2D eigenvalue weighted by Gasteiger charge is -2.35. The van der Waals surface area contributed by atoms with Crippen molar-refractivity contribution in [3.05, 3.63) is 58.5 Å². The van der Waals surface area contributed by atoms with Crippen molar-refractivity contribution < 1.29 is 9.32 Å². The van der Waals surface area contributed by atoms with Crippen LogP contribution in [0.25, 0.3) is 0 Å². The van der Waals surface area contributed by atoms with Gasteiger partial charge in [0.1, 0.15) is 22.4 Å². The van der Waals surface area contributed by atoms with Gasteiger partial charge in [0, 0.05) is 55.5 Å². The van der Waals surface area contributed by atoms with Crippen molar-refractivity contribution in [3.63, 3.8) is 0 Å². The highest BCUT2D eigenvalue weighted by Gasteiger charge is 2.25. The zero-order chi connectivity index (χ0) is 22.0. The van der Waals surface area contributed by atoms with Crippen LogP contribution in [0.15, 0.2) is 33.9 Å². The molecule has 3 aromatic heterocycles. The van der Waals surface area contributed by atoms with E-state index >= 15 is 0 Å². The summed E-state index contributed by atoms with van der Waals surface area (Å²) in [5.41, 5.74) is 3.52. The van der Waals surface area contributed by atoms with E-state index in [1.807, 2.05) is 50.8 Å². The molecule has 3 aromatic rings. The number of hydrogen-bond acceptors (Lipinski definition) is 8. The third-order valence-corrected chi connectivity index (χ3v) is 6.41. The summed E-state index contributed by atoms with van der Waals surface area (Å²) >= 11 is 1.54. The molecule has 31 heavy (non-hydrogen) atoms. The Morgan fingerprint density at radius 1 is 1.13 bits per heavy atom. The minimum Gasteiger partial charge on any atom is -0.361 e. The van der Waals surface area contributed by atoms with Gasteiger partial charge in [-0.15, -0.1) is 11.8 Å². The van der Waals surface area contributed by atoms with Crippen molar-refractivity contribution in [3.8, 4) is 0 Å². The molecular weight excluding hydrogens is 412 g/mol. The van der Waals surface area contributed by atoms with Crippen LogP contribution in [0.3, 0.4) is 0 Å². The van der Waals surface area contributed by atoms with Crippen LogP contribution in [0.5, 0.6) is 0 Å². The molecule has 0 radical (unpaired) electrons. The number of hydrogen-bond donors (Lipinski definition) is 0. The van der Waals surface area contributed by atoms with E-state index in [2.05, 4.69) is 25.0 Å². The Balaban J connectivity index is 1.43. The molecule has 9 heteroatoms. The summed E-state index contributed by atoms with van der Waals surface area (Å²) in [4.78, 5) is 30.7. The Morgan fingerprint density at radius 3 is 2.58 bits per heavy atom. The van der Waals surface area contributed by atoms with Crippen molar-refractivity contribution in [2.45, 2.75) is 38.5 Å². The lowest BCUT2D eigenvalue weighted by atomic mass is 10.2. The minimum atomic E-state index is 0.0176. The summed E-state index contributed by atoms with van der Waals surface area (Å²) in [7, 11) is 0. The predicted octanol–water partition coefficient (Wildman–Crippen LogP) is 3.35. The Morgan fingerprint density at radius 2 is 1.90 bits per heavy atom. The molecule has 1 aliphatic rings. The smallest absolute Gasteiger partial charge is 0.256 e. The van der Waals surface area contributed by atoms with Crippen LogP contribution in [0.4, 0.5) is 5.82 Å². The van der Waals surface area contributed by atoms with Gasteiger partial charge in [-0.25, -0.2) is 15.0 Å². The third-order valence-electron chi connectivity index (χ3n) is 5.38. The highest BCUT2D eigenvalue weighted by Crippen LogP contribution is 2.28. The second-order valence-corrected chi connectivity index (χ2v) is 8.61. The molecule has 4 heterocycles. The van der Waals surface area contributed by atoms with Crippen molar-refractivity contribution in [1.82, 2.24) is 25.0 Å². The van der Waals surface area contributed by atoms with Crippen LogP contribution >= 0.6 is 11.8 Å². The summed E-state index contributed by atoms with van der Waals surface area (Å²) in [5, 5.41) is 4.74. The number of anilines is 1. The van der Waals surface area contributed by atoms with E-state index < -0.39 is 0 Å². The van der Waals surface area contributed by atoms with Crippen molar-refractivity contribution >= 4 is 23.5 Å². The van der Waals surface area contributed by atoms with Gasteiger partial charge in [-0.3, -0.25) is 4.79 Å². The molecule has 0 N–H and O–H groups in total. The lowest BCUT2D eigenvalue weighted by molar-refractivity contribution is 0.0742. The molecule has 1 aliphatic heterocycles. The first-order valence-electron chi connectivity index (χ1n) is 10.3. The standard InChI is InChI=1S/C22H26N6O2S/c1-14-12-20(25-17(4)24-14)27-8-10-28(11-9-27)22(29)18-6-5-7-23-21(18)31-13-19-15(2)26-30-16(19)3/h5-7,12H,8-11,13H2,1-4H3. The Bertz CT molecular complexity index is 1050. The summed E-state index contributed by atoms with van der Waals surface area (Å²) in [6.45, 7) is 10.5. The molecule has 0 saturated carbocycles. The average Bonchev–Trinajstić information content (AvgIpc) is 3.08. The Labute approximate surface area is 186 Å². The van der Waals surface area contributed by atoms with E-state index in [9.17, 15) is 4.79 Å². The monoisotopic (exact) mass is 438 g/mol. The largest absolute Gasteiger partial charge is 0.361 e. The number of rotatable bonds is 5. The molecule has 8 nitrogen and oxygen atoms in total.